The highest BCUT2D eigenvalue weighted by atomic mass is 35.5. The fourth-order valence-electron chi connectivity index (χ4n) is 4.25. The third kappa shape index (κ3) is 7.28. The van der Waals surface area contributed by atoms with E-state index < -0.39 is 79.9 Å². The Morgan fingerprint density at radius 2 is 1.30 bits per heavy atom. The van der Waals surface area contributed by atoms with Crippen molar-refractivity contribution in [2.24, 2.45) is 0 Å². The van der Waals surface area contributed by atoms with E-state index in [9.17, 15) is 39.5 Å². The highest BCUT2D eigenvalue weighted by molar-refractivity contribution is 6.31. The topological polar surface area (TPSA) is 9.23 Å². The molecule has 1 nitrogen and oxygen atoms in total. The van der Waals surface area contributed by atoms with Crippen LogP contribution in [0, 0.1) is 52.6 Å². The molecule has 0 spiro atoms. The SMILES string of the molecule is CCCCCc1cc(F)c(C(F)(F)Oc2ccc(C#Cc3cc(F)c(-c4cc(F)c(Cl)c(F)c4)c(F)c3)c(F)c2)c(F)c1. The Morgan fingerprint density at radius 1 is 0.698 bits per heavy atom. The number of rotatable bonds is 8. The average Bonchev–Trinajstić information content (AvgIpc) is 2.90. The number of hydrogen-bond donors (Lipinski definition) is 0. The smallest absolute Gasteiger partial charge is 0.429 e. The maximum atomic E-state index is 14.7. The molecule has 0 saturated heterocycles. The quantitative estimate of drug-likeness (QED) is 0.0818. The maximum Gasteiger partial charge on any atom is 0.432 e. The van der Waals surface area contributed by atoms with Crippen LogP contribution in [-0.2, 0) is 12.5 Å². The molecule has 0 amide bonds. The van der Waals surface area contributed by atoms with Gasteiger partial charge in [0.25, 0.3) is 0 Å². The van der Waals surface area contributed by atoms with Gasteiger partial charge in [-0.1, -0.05) is 43.2 Å². The molecule has 43 heavy (non-hydrogen) atoms. The molecule has 0 aliphatic heterocycles. The molecule has 4 rings (SSSR count). The summed E-state index contributed by atoms with van der Waals surface area (Å²) >= 11 is 5.40. The number of aryl methyl sites for hydroxylation is 1. The minimum Gasteiger partial charge on any atom is -0.429 e. The van der Waals surface area contributed by atoms with Gasteiger partial charge in [0.2, 0.25) is 0 Å². The van der Waals surface area contributed by atoms with Crippen LogP contribution in [0.5, 0.6) is 5.75 Å². The Labute approximate surface area is 245 Å². The fourth-order valence-corrected chi connectivity index (χ4v) is 4.36. The molecule has 11 heteroatoms. The first-order valence-corrected chi connectivity index (χ1v) is 13.2. The molecular weight excluding hydrogens is 607 g/mol. The molecule has 224 valence electrons. The monoisotopic (exact) mass is 626 g/mol. The summed E-state index contributed by atoms with van der Waals surface area (Å²) in [6, 6.07) is 6.65. The molecule has 0 saturated carbocycles. The molecule has 0 aliphatic carbocycles. The number of halogens is 10. The highest BCUT2D eigenvalue weighted by Gasteiger charge is 2.41. The molecule has 4 aromatic rings. The van der Waals surface area contributed by atoms with E-state index in [0.717, 1.165) is 49.2 Å². The van der Waals surface area contributed by atoms with Crippen LogP contribution >= 0.6 is 11.6 Å². The number of unbranched alkanes of at least 4 members (excludes halogenated alkanes) is 2. The summed E-state index contributed by atoms with van der Waals surface area (Å²) in [7, 11) is 0. The second-order valence-corrected chi connectivity index (χ2v) is 9.85. The minimum absolute atomic E-state index is 0.208. The number of hydrogen-bond acceptors (Lipinski definition) is 1. The standard InChI is InChI=1S/C32H20ClF9O/c1-2-3-4-5-17-12-25(37)30(26(38)13-17)32(41,42)43-21-9-8-19(22(34)16-21)7-6-18-10-23(35)29(24(36)11-18)20-14-27(39)31(33)28(40)15-20/h8-16H,2-5H2,1H3. The zero-order valence-electron chi connectivity index (χ0n) is 22.2. The Hall–Kier alpha value is -4.10. The minimum atomic E-state index is -4.50. The molecule has 0 atom stereocenters. The molecule has 4 aromatic carbocycles. The highest BCUT2D eigenvalue weighted by Crippen LogP contribution is 2.36. The van der Waals surface area contributed by atoms with E-state index in [0.29, 0.717) is 31.0 Å². The van der Waals surface area contributed by atoms with Crippen molar-refractivity contribution >= 4 is 11.6 Å². The molecule has 0 aliphatic rings. The lowest BCUT2D eigenvalue weighted by Gasteiger charge is -2.20. The predicted octanol–water partition coefficient (Wildman–Crippen LogP) is 10.2. The number of ether oxygens (including phenoxy) is 1. The summed E-state index contributed by atoms with van der Waals surface area (Å²) in [5, 5.41) is -0.847. The summed E-state index contributed by atoms with van der Waals surface area (Å²) in [5.74, 6) is -5.34. The maximum absolute atomic E-state index is 14.7. The van der Waals surface area contributed by atoms with Crippen molar-refractivity contribution in [3.8, 4) is 28.7 Å². The van der Waals surface area contributed by atoms with E-state index in [1.807, 2.05) is 6.92 Å². The first-order chi connectivity index (χ1) is 20.3. The zero-order valence-corrected chi connectivity index (χ0v) is 23.0. The van der Waals surface area contributed by atoms with Gasteiger partial charge in [0.05, 0.1) is 11.1 Å². The summed E-state index contributed by atoms with van der Waals surface area (Å²) in [5.41, 5.74) is -3.32. The normalized spacial score (nSPS) is 11.3. The molecule has 0 fully saturated rings. The van der Waals surface area contributed by atoms with Gasteiger partial charge in [-0.05, 0) is 72.5 Å². The van der Waals surface area contributed by atoms with Gasteiger partial charge in [0, 0.05) is 11.6 Å². The molecule has 0 N–H and O–H groups in total. The lowest BCUT2D eigenvalue weighted by molar-refractivity contribution is -0.189. The van der Waals surface area contributed by atoms with Gasteiger partial charge in [0.1, 0.15) is 57.1 Å². The number of alkyl halides is 2. The van der Waals surface area contributed by atoms with Crippen LogP contribution in [0.2, 0.25) is 5.02 Å². The van der Waals surface area contributed by atoms with Gasteiger partial charge in [-0.15, -0.1) is 0 Å². The van der Waals surface area contributed by atoms with Crippen LogP contribution in [0.15, 0.2) is 54.6 Å². The Bertz CT molecular complexity index is 1670. The van der Waals surface area contributed by atoms with Crippen LogP contribution in [0.25, 0.3) is 11.1 Å². The van der Waals surface area contributed by atoms with Crippen molar-refractivity contribution < 1.29 is 44.3 Å². The summed E-state index contributed by atoms with van der Waals surface area (Å²) in [4.78, 5) is 0. The zero-order chi connectivity index (χ0) is 31.5. The van der Waals surface area contributed by atoms with E-state index in [4.69, 9.17) is 11.6 Å². The predicted molar refractivity (Wildman–Crippen MR) is 143 cm³/mol. The summed E-state index contributed by atoms with van der Waals surface area (Å²) in [6.07, 6.45) is -1.92. The van der Waals surface area contributed by atoms with E-state index >= 15 is 0 Å². The van der Waals surface area contributed by atoms with Gasteiger partial charge >= 0.3 is 6.11 Å². The molecule has 0 radical (unpaired) electrons. The van der Waals surface area contributed by atoms with Crippen LogP contribution in [-0.4, -0.2) is 0 Å². The van der Waals surface area contributed by atoms with Crippen molar-refractivity contribution in [1.82, 2.24) is 0 Å². The first kappa shape index (κ1) is 31.8. The van der Waals surface area contributed by atoms with Crippen molar-refractivity contribution in [2.45, 2.75) is 38.7 Å². The van der Waals surface area contributed by atoms with Crippen LogP contribution in [0.3, 0.4) is 0 Å². The molecule has 0 unspecified atom stereocenters. The number of benzene rings is 4. The summed E-state index contributed by atoms with van der Waals surface area (Å²) < 4.78 is 134. The van der Waals surface area contributed by atoms with Crippen molar-refractivity contribution in [3.63, 3.8) is 0 Å². The lowest BCUT2D eigenvalue weighted by Crippen LogP contribution is -2.25. The third-order valence-electron chi connectivity index (χ3n) is 6.30. The molecule has 0 heterocycles. The average molecular weight is 627 g/mol. The molecular formula is C32H20ClF9O. The first-order valence-electron chi connectivity index (χ1n) is 12.8. The van der Waals surface area contributed by atoms with Gasteiger partial charge < -0.3 is 4.74 Å². The van der Waals surface area contributed by atoms with E-state index in [-0.39, 0.29) is 11.1 Å². The van der Waals surface area contributed by atoms with Crippen LogP contribution in [0.1, 0.15) is 48.4 Å². The van der Waals surface area contributed by atoms with E-state index in [2.05, 4.69) is 16.6 Å². The Kier molecular flexibility index (Phi) is 9.65. The molecule has 0 aromatic heterocycles. The van der Waals surface area contributed by atoms with Gasteiger partial charge in [0.15, 0.2) is 0 Å². The third-order valence-corrected chi connectivity index (χ3v) is 6.67. The second-order valence-electron chi connectivity index (χ2n) is 9.47. The van der Waals surface area contributed by atoms with E-state index in [1.165, 1.54) is 0 Å². The molecule has 0 bridgehead atoms. The summed E-state index contributed by atoms with van der Waals surface area (Å²) in [6.45, 7) is 1.93. The lowest BCUT2D eigenvalue weighted by atomic mass is 10.0. The van der Waals surface area contributed by atoms with Crippen LogP contribution < -0.4 is 4.74 Å². The van der Waals surface area contributed by atoms with Crippen molar-refractivity contribution in [1.29, 1.82) is 0 Å². The van der Waals surface area contributed by atoms with Crippen molar-refractivity contribution in [2.75, 3.05) is 0 Å². The van der Waals surface area contributed by atoms with Gasteiger partial charge in [-0.3, -0.25) is 0 Å². The second kappa shape index (κ2) is 13.0. The largest absolute Gasteiger partial charge is 0.432 e. The van der Waals surface area contributed by atoms with Crippen LogP contribution in [0.4, 0.5) is 39.5 Å². The van der Waals surface area contributed by atoms with Gasteiger partial charge in [-0.25, -0.2) is 30.7 Å². The Balaban J connectivity index is 1.54. The van der Waals surface area contributed by atoms with Crippen molar-refractivity contribution in [3.05, 3.63) is 123 Å². The van der Waals surface area contributed by atoms with Gasteiger partial charge in [-0.2, -0.15) is 8.78 Å². The fraction of sp³-hybridized carbons (Fsp3) is 0.188. The Morgan fingerprint density at radius 3 is 1.86 bits per heavy atom. The van der Waals surface area contributed by atoms with E-state index in [1.54, 1.807) is 0 Å².